The third kappa shape index (κ3) is 3.28. The van der Waals surface area contributed by atoms with Gasteiger partial charge in [-0.25, -0.2) is 4.98 Å². The predicted octanol–water partition coefficient (Wildman–Crippen LogP) is 3.64. The van der Waals surface area contributed by atoms with E-state index in [2.05, 4.69) is 16.4 Å². The van der Waals surface area contributed by atoms with Crippen molar-refractivity contribution in [2.75, 3.05) is 11.9 Å². The van der Waals surface area contributed by atoms with Gasteiger partial charge in [0, 0.05) is 12.7 Å². The molecule has 5 heteroatoms. The van der Waals surface area contributed by atoms with E-state index < -0.39 is 0 Å². The lowest BCUT2D eigenvalue weighted by Gasteiger charge is -2.11. The minimum absolute atomic E-state index is 0.497. The maximum Gasteiger partial charge on any atom is 0.182 e. The molecule has 0 aliphatic rings. The second-order valence-electron chi connectivity index (χ2n) is 4.50. The lowest BCUT2D eigenvalue weighted by Crippen LogP contribution is -1.98. The normalized spacial score (nSPS) is 10.1. The van der Waals surface area contributed by atoms with Crippen LogP contribution in [-0.2, 0) is 6.61 Å². The standard InChI is InChI=1S/C15H17N3OS/c1-4-17-15-18-8-13(20-15)9-19-14-10(2)5-12(7-16)6-11(14)3/h5-6,8H,4,9H2,1-3H3,(H,17,18). The Morgan fingerprint density at radius 1 is 1.35 bits per heavy atom. The average Bonchev–Trinajstić information content (AvgIpc) is 2.85. The molecule has 0 atom stereocenters. The van der Waals surface area contributed by atoms with Gasteiger partial charge in [0.1, 0.15) is 12.4 Å². The minimum Gasteiger partial charge on any atom is -0.487 e. The van der Waals surface area contributed by atoms with Gasteiger partial charge >= 0.3 is 0 Å². The first-order valence-corrected chi connectivity index (χ1v) is 7.28. The van der Waals surface area contributed by atoms with Crippen LogP contribution in [-0.4, -0.2) is 11.5 Å². The van der Waals surface area contributed by atoms with Gasteiger partial charge in [0.2, 0.25) is 0 Å². The van der Waals surface area contributed by atoms with Crippen molar-refractivity contribution in [3.63, 3.8) is 0 Å². The molecule has 1 aromatic carbocycles. The molecule has 1 N–H and O–H groups in total. The van der Waals surface area contributed by atoms with Crippen molar-refractivity contribution in [3.8, 4) is 11.8 Å². The van der Waals surface area contributed by atoms with E-state index in [1.54, 1.807) is 11.3 Å². The highest BCUT2D eigenvalue weighted by atomic mass is 32.1. The largest absolute Gasteiger partial charge is 0.487 e. The molecule has 1 heterocycles. The third-order valence-corrected chi connectivity index (χ3v) is 3.76. The summed E-state index contributed by atoms with van der Waals surface area (Å²) in [6.07, 6.45) is 1.83. The molecular weight excluding hydrogens is 270 g/mol. The molecule has 0 saturated heterocycles. The van der Waals surface area contributed by atoms with Crippen LogP contribution < -0.4 is 10.1 Å². The summed E-state index contributed by atoms with van der Waals surface area (Å²) in [7, 11) is 0. The maximum atomic E-state index is 8.93. The number of hydrogen-bond acceptors (Lipinski definition) is 5. The minimum atomic E-state index is 0.497. The fourth-order valence-electron chi connectivity index (χ4n) is 1.99. The zero-order valence-corrected chi connectivity index (χ0v) is 12.7. The van der Waals surface area contributed by atoms with E-state index in [4.69, 9.17) is 10.00 Å². The molecule has 0 amide bonds. The van der Waals surface area contributed by atoms with Crippen LogP contribution in [0.3, 0.4) is 0 Å². The van der Waals surface area contributed by atoms with Crippen LogP contribution in [0.4, 0.5) is 5.13 Å². The number of rotatable bonds is 5. The van der Waals surface area contributed by atoms with Gasteiger partial charge in [-0.15, -0.1) is 0 Å². The number of nitriles is 1. The van der Waals surface area contributed by atoms with Gasteiger partial charge in [-0.3, -0.25) is 0 Å². The Hall–Kier alpha value is -2.06. The maximum absolute atomic E-state index is 8.93. The number of nitrogens with one attached hydrogen (secondary N) is 1. The summed E-state index contributed by atoms with van der Waals surface area (Å²) in [6, 6.07) is 5.85. The molecule has 0 bridgehead atoms. The van der Waals surface area contributed by atoms with E-state index in [1.165, 1.54) is 0 Å². The number of hydrogen-bond donors (Lipinski definition) is 1. The fraction of sp³-hybridized carbons (Fsp3) is 0.333. The summed E-state index contributed by atoms with van der Waals surface area (Å²) in [5.74, 6) is 0.849. The Bertz CT molecular complexity index is 620. The van der Waals surface area contributed by atoms with Crippen molar-refractivity contribution >= 4 is 16.5 Å². The van der Waals surface area contributed by atoms with Crippen molar-refractivity contribution < 1.29 is 4.74 Å². The van der Waals surface area contributed by atoms with Gasteiger partial charge in [0.05, 0.1) is 16.5 Å². The second-order valence-corrected chi connectivity index (χ2v) is 5.62. The van der Waals surface area contributed by atoms with Crippen LogP contribution in [0.2, 0.25) is 0 Å². The zero-order valence-electron chi connectivity index (χ0n) is 11.9. The van der Waals surface area contributed by atoms with E-state index in [-0.39, 0.29) is 0 Å². The summed E-state index contributed by atoms with van der Waals surface area (Å²) in [4.78, 5) is 5.35. The number of anilines is 1. The average molecular weight is 287 g/mol. The highest BCUT2D eigenvalue weighted by Crippen LogP contribution is 2.27. The SMILES string of the molecule is CCNc1ncc(COc2c(C)cc(C#N)cc2C)s1. The molecule has 2 aromatic rings. The van der Waals surface area contributed by atoms with Crippen LogP contribution in [0.5, 0.6) is 5.75 Å². The first kappa shape index (κ1) is 14.4. The Kier molecular flexibility index (Phi) is 4.59. The van der Waals surface area contributed by atoms with Crippen LogP contribution in [0.25, 0.3) is 0 Å². The predicted molar refractivity (Wildman–Crippen MR) is 81.2 cm³/mol. The first-order valence-electron chi connectivity index (χ1n) is 6.46. The summed E-state index contributed by atoms with van der Waals surface area (Å²) >= 11 is 1.60. The van der Waals surface area contributed by atoms with Gasteiger partial charge in [-0.05, 0) is 44.0 Å². The van der Waals surface area contributed by atoms with Crippen LogP contribution in [0.15, 0.2) is 18.3 Å². The lowest BCUT2D eigenvalue weighted by atomic mass is 10.1. The number of aromatic nitrogens is 1. The molecule has 20 heavy (non-hydrogen) atoms. The highest BCUT2D eigenvalue weighted by Gasteiger charge is 2.08. The molecular formula is C15H17N3OS. The van der Waals surface area contributed by atoms with Gasteiger partial charge in [-0.2, -0.15) is 5.26 Å². The zero-order chi connectivity index (χ0) is 14.5. The number of ether oxygens (including phenoxy) is 1. The highest BCUT2D eigenvalue weighted by molar-refractivity contribution is 7.15. The number of thiazole rings is 1. The number of benzene rings is 1. The van der Waals surface area contributed by atoms with Gasteiger partial charge < -0.3 is 10.1 Å². The van der Waals surface area contributed by atoms with Crippen LogP contribution >= 0.6 is 11.3 Å². The Labute approximate surface area is 123 Å². The van der Waals surface area contributed by atoms with Gasteiger partial charge in [0.15, 0.2) is 5.13 Å². The van der Waals surface area contributed by atoms with Crippen LogP contribution in [0, 0.1) is 25.2 Å². The summed E-state index contributed by atoms with van der Waals surface area (Å²) in [5.41, 5.74) is 2.63. The second kappa shape index (κ2) is 6.40. The van der Waals surface area contributed by atoms with Crippen molar-refractivity contribution in [2.45, 2.75) is 27.4 Å². The number of nitrogens with zero attached hydrogens (tertiary/aromatic N) is 2. The van der Waals surface area contributed by atoms with E-state index in [1.807, 2.05) is 39.1 Å². The molecule has 0 aliphatic heterocycles. The monoisotopic (exact) mass is 287 g/mol. The van der Waals surface area contributed by atoms with E-state index in [9.17, 15) is 0 Å². The van der Waals surface area contributed by atoms with Crippen molar-refractivity contribution in [1.82, 2.24) is 4.98 Å². The first-order chi connectivity index (χ1) is 9.63. The lowest BCUT2D eigenvalue weighted by molar-refractivity contribution is 0.305. The third-order valence-electron chi connectivity index (χ3n) is 2.83. The van der Waals surface area contributed by atoms with Gasteiger partial charge in [-0.1, -0.05) is 11.3 Å². The summed E-state index contributed by atoms with van der Waals surface area (Å²) < 4.78 is 5.88. The molecule has 0 fully saturated rings. The Balaban J connectivity index is 2.09. The molecule has 4 nitrogen and oxygen atoms in total. The molecule has 0 saturated carbocycles. The quantitative estimate of drug-likeness (QED) is 0.912. The topological polar surface area (TPSA) is 57.9 Å². The van der Waals surface area contributed by atoms with E-state index >= 15 is 0 Å². The van der Waals surface area contributed by atoms with Crippen molar-refractivity contribution in [2.24, 2.45) is 0 Å². The van der Waals surface area contributed by atoms with Crippen molar-refractivity contribution in [1.29, 1.82) is 5.26 Å². The van der Waals surface area contributed by atoms with Crippen LogP contribution in [0.1, 0.15) is 28.5 Å². The summed E-state index contributed by atoms with van der Waals surface area (Å²) in [6.45, 7) is 7.32. The molecule has 0 spiro atoms. The summed E-state index contributed by atoms with van der Waals surface area (Å²) in [5, 5.41) is 13.0. The molecule has 1 aromatic heterocycles. The smallest absolute Gasteiger partial charge is 0.182 e. The fourth-order valence-corrected chi connectivity index (χ4v) is 2.79. The molecule has 0 aliphatic carbocycles. The number of aryl methyl sites for hydroxylation is 2. The molecule has 2 rings (SSSR count). The molecule has 0 unspecified atom stereocenters. The van der Waals surface area contributed by atoms with E-state index in [0.717, 1.165) is 33.4 Å². The van der Waals surface area contributed by atoms with E-state index in [0.29, 0.717) is 12.2 Å². The van der Waals surface area contributed by atoms with Gasteiger partial charge in [0.25, 0.3) is 0 Å². The van der Waals surface area contributed by atoms with Crippen molar-refractivity contribution in [3.05, 3.63) is 39.9 Å². The molecule has 104 valence electrons. The molecule has 0 radical (unpaired) electrons. The Morgan fingerprint density at radius 2 is 2.05 bits per heavy atom. The Morgan fingerprint density at radius 3 is 2.65 bits per heavy atom.